The first-order valence-electron chi connectivity index (χ1n) is 6.27. The summed E-state index contributed by atoms with van der Waals surface area (Å²) >= 11 is 0. The van der Waals surface area contributed by atoms with Gasteiger partial charge in [0.25, 0.3) is 0 Å². The molecule has 96 valence electrons. The lowest BCUT2D eigenvalue weighted by Gasteiger charge is -2.14. The van der Waals surface area contributed by atoms with E-state index in [1.54, 1.807) is 0 Å². The van der Waals surface area contributed by atoms with Gasteiger partial charge in [0.1, 0.15) is 0 Å². The van der Waals surface area contributed by atoms with Crippen LogP contribution in [0.2, 0.25) is 0 Å². The number of benzene rings is 1. The van der Waals surface area contributed by atoms with Crippen LogP contribution in [0.1, 0.15) is 22.4 Å². The fourth-order valence-corrected chi connectivity index (χ4v) is 2.65. The van der Waals surface area contributed by atoms with Crippen LogP contribution in [0.4, 0.5) is 0 Å². The summed E-state index contributed by atoms with van der Waals surface area (Å²) in [5.74, 6) is 0. The lowest BCUT2D eigenvalue weighted by molar-refractivity contribution is 0.797. The molecule has 0 atom stereocenters. The maximum Gasteiger partial charge on any atom is 0.0952 e. The van der Waals surface area contributed by atoms with Crippen molar-refractivity contribution in [3.8, 4) is 11.3 Å². The maximum absolute atomic E-state index is 4.49. The van der Waals surface area contributed by atoms with Gasteiger partial charge in [-0.1, -0.05) is 17.7 Å². The fraction of sp³-hybridized carbons (Fsp3) is 0.400. The number of nitrogens with one attached hydrogen (secondary N) is 1. The van der Waals surface area contributed by atoms with Gasteiger partial charge in [-0.05, 0) is 38.9 Å². The summed E-state index contributed by atoms with van der Waals surface area (Å²) in [4.78, 5) is 4.49. The van der Waals surface area contributed by atoms with E-state index >= 15 is 0 Å². The molecule has 0 aliphatic rings. The highest BCUT2D eigenvalue weighted by Gasteiger charge is 2.15. The Morgan fingerprint density at radius 3 is 2.33 bits per heavy atom. The number of rotatable bonds is 3. The van der Waals surface area contributed by atoms with Crippen LogP contribution in [0, 0.1) is 20.8 Å². The van der Waals surface area contributed by atoms with Crippen LogP contribution < -0.4 is 5.32 Å². The Kier molecular flexibility index (Phi) is 3.53. The Morgan fingerprint density at radius 1 is 1.17 bits per heavy atom. The van der Waals surface area contributed by atoms with Gasteiger partial charge < -0.3 is 9.88 Å². The molecule has 1 N–H and O–H groups in total. The van der Waals surface area contributed by atoms with Gasteiger partial charge in [-0.25, -0.2) is 4.98 Å². The van der Waals surface area contributed by atoms with Gasteiger partial charge in [0.15, 0.2) is 0 Å². The standard InChI is InChI=1S/C15H21N3/c1-10-6-11(2)14(12(3)7-10)15-13(8-16-4)17-9-18(15)5/h6-7,9,16H,8H2,1-5H3. The van der Waals surface area contributed by atoms with Gasteiger partial charge in [0, 0.05) is 19.2 Å². The lowest BCUT2D eigenvalue weighted by atomic mass is 9.96. The van der Waals surface area contributed by atoms with Crippen molar-refractivity contribution in [3.05, 3.63) is 40.8 Å². The van der Waals surface area contributed by atoms with Crippen molar-refractivity contribution in [2.45, 2.75) is 27.3 Å². The topological polar surface area (TPSA) is 29.9 Å². The molecule has 0 amide bonds. The Hall–Kier alpha value is -1.61. The molecule has 0 aliphatic heterocycles. The van der Waals surface area contributed by atoms with Crippen molar-refractivity contribution in [1.82, 2.24) is 14.9 Å². The van der Waals surface area contributed by atoms with E-state index in [9.17, 15) is 0 Å². The zero-order valence-electron chi connectivity index (χ0n) is 11.8. The summed E-state index contributed by atoms with van der Waals surface area (Å²) in [7, 11) is 4.01. The van der Waals surface area contributed by atoms with Gasteiger partial charge in [-0.3, -0.25) is 0 Å². The van der Waals surface area contributed by atoms with Crippen molar-refractivity contribution in [3.63, 3.8) is 0 Å². The average molecular weight is 243 g/mol. The lowest BCUT2D eigenvalue weighted by Crippen LogP contribution is -2.08. The summed E-state index contributed by atoms with van der Waals surface area (Å²) < 4.78 is 2.11. The Labute approximate surface area is 109 Å². The van der Waals surface area contributed by atoms with E-state index in [4.69, 9.17) is 0 Å². The van der Waals surface area contributed by atoms with E-state index in [1.165, 1.54) is 27.9 Å². The molecular formula is C15H21N3. The number of aromatic nitrogens is 2. The number of hydrogen-bond donors (Lipinski definition) is 1. The molecule has 0 aliphatic carbocycles. The van der Waals surface area contributed by atoms with E-state index in [1.807, 2.05) is 13.4 Å². The number of aryl methyl sites for hydroxylation is 4. The molecule has 2 aromatic rings. The van der Waals surface area contributed by atoms with Gasteiger partial charge in [-0.2, -0.15) is 0 Å². The van der Waals surface area contributed by atoms with Crippen molar-refractivity contribution >= 4 is 0 Å². The van der Waals surface area contributed by atoms with Crippen LogP contribution in [-0.2, 0) is 13.6 Å². The minimum Gasteiger partial charge on any atom is -0.333 e. The molecular weight excluding hydrogens is 222 g/mol. The predicted octanol–water partition coefficient (Wildman–Crippen LogP) is 2.73. The van der Waals surface area contributed by atoms with Crippen molar-refractivity contribution in [1.29, 1.82) is 0 Å². The first kappa shape index (κ1) is 12.8. The van der Waals surface area contributed by atoms with Crippen molar-refractivity contribution in [2.75, 3.05) is 7.05 Å². The second-order valence-corrected chi connectivity index (χ2v) is 4.95. The third kappa shape index (κ3) is 2.18. The second kappa shape index (κ2) is 4.94. The number of nitrogens with zero attached hydrogens (tertiary/aromatic N) is 2. The van der Waals surface area contributed by atoms with Crippen molar-refractivity contribution < 1.29 is 0 Å². The Morgan fingerprint density at radius 2 is 1.78 bits per heavy atom. The summed E-state index contributed by atoms with van der Waals surface area (Å²) in [5, 5.41) is 3.18. The van der Waals surface area contributed by atoms with E-state index in [2.05, 4.69) is 54.8 Å². The molecule has 0 unspecified atom stereocenters. The molecule has 3 heteroatoms. The molecule has 2 rings (SSSR count). The van der Waals surface area contributed by atoms with E-state index in [-0.39, 0.29) is 0 Å². The molecule has 0 saturated heterocycles. The van der Waals surface area contributed by atoms with Gasteiger partial charge in [0.2, 0.25) is 0 Å². The Balaban J connectivity index is 2.65. The highest BCUT2D eigenvalue weighted by molar-refractivity contribution is 5.70. The number of hydrogen-bond acceptors (Lipinski definition) is 2. The second-order valence-electron chi connectivity index (χ2n) is 4.95. The van der Waals surface area contributed by atoms with Crippen LogP contribution >= 0.6 is 0 Å². The van der Waals surface area contributed by atoms with Gasteiger partial charge >= 0.3 is 0 Å². The van der Waals surface area contributed by atoms with Crippen molar-refractivity contribution in [2.24, 2.45) is 7.05 Å². The summed E-state index contributed by atoms with van der Waals surface area (Å²) in [6.45, 7) is 7.28. The molecule has 0 saturated carbocycles. The highest BCUT2D eigenvalue weighted by atomic mass is 15.0. The molecule has 1 aromatic carbocycles. The van der Waals surface area contributed by atoms with E-state index < -0.39 is 0 Å². The maximum atomic E-state index is 4.49. The van der Waals surface area contributed by atoms with Crippen LogP contribution in [0.3, 0.4) is 0 Å². The fourth-order valence-electron chi connectivity index (χ4n) is 2.65. The first-order chi connectivity index (χ1) is 8.54. The molecule has 3 nitrogen and oxygen atoms in total. The minimum atomic E-state index is 0.795. The first-order valence-corrected chi connectivity index (χ1v) is 6.27. The molecule has 0 radical (unpaired) electrons. The summed E-state index contributed by atoms with van der Waals surface area (Å²) in [6.07, 6.45) is 1.89. The minimum absolute atomic E-state index is 0.795. The van der Waals surface area contributed by atoms with Crippen LogP contribution in [0.5, 0.6) is 0 Å². The normalized spacial score (nSPS) is 10.9. The van der Waals surface area contributed by atoms with Crippen LogP contribution in [-0.4, -0.2) is 16.6 Å². The molecule has 1 heterocycles. The van der Waals surface area contributed by atoms with Gasteiger partial charge in [-0.15, -0.1) is 0 Å². The zero-order chi connectivity index (χ0) is 13.3. The third-order valence-corrected chi connectivity index (χ3v) is 3.27. The molecule has 18 heavy (non-hydrogen) atoms. The summed E-state index contributed by atoms with van der Waals surface area (Å²) in [6, 6.07) is 4.47. The van der Waals surface area contributed by atoms with E-state index in [0.29, 0.717) is 0 Å². The smallest absolute Gasteiger partial charge is 0.0952 e. The van der Waals surface area contributed by atoms with E-state index in [0.717, 1.165) is 12.2 Å². The zero-order valence-corrected chi connectivity index (χ0v) is 11.8. The Bertz CT molecular complexity index is 544. The average Bonchev–Trinajstić information content (AvgIpc) is 2.61. The van der Waals surface area contributed by atoms with Crippen LogP contribution in [0.15, 0.2) is 18.5 Å². The highest BCUT2D eigenvalue weighted by Crippen LogP contribution is 2.30. The summed E-state index contributed by atoms with van der Waals surface area (Å²) in [5.41, 5.74) is 7.58. The quantitative estimate of drug-likeness (QED) is 0.898. The largest absolute Gasteiger partial charge is 0.333 e. The molecule has 0 bridgehead atoms. The SMILES string of the molecule is CNCc1ncn(C)c1-c1c(C)cc(C)cc1C. The monoisotopic (exact) mass is 243 g/mol. The van der Waals surface area contributed by atoms with Gasteiger partial charge in [0.05, 0.1) is 17.7 Å². The molecule has 0 fully saturated rings. The third-order valence-electron chi connectivity index (χ3n) is 3.27. The number of imidazole rings is 1. The molecule has 0 spiro atoms. The molecule has 1 aromatic heterocycles. The van der Waals surface area contributed by atoms with Crippen LogP contribution in [0.25, 0.3) is 11.3 Å². The predicted molar refractivity (Wildman–Crippen MR) is 75.6 cm³/mol.